The normalized spacial score (nSPS) is 15.8. The molecule has 0 fully saturated rings. The lowest BCUT2D eigenvalue weighted by atomic mass is 9.98. The van der Waals surface area contributed by atoms with Crippen LogP contribution < -0.4 is 5.73 Å². The number of nitrogens with two attached hydrogens (primary N) is 1. The average molecular weight is 390 g/mol. The quantitative estimate of drug-likeness (QED) is 0.630. The summed E-state index contributed by atoms with van der Waals surface area (Å²) in [5.41, 5.74) is 11.0. The molecule has 2 aromatic carbocycles. The molecule has 0 unspecified atom stereocenters. The molecule has 3 rings (SSSR count). The zero-order valence-electron chi connectivity index (χ0n) is 11.9. The van der Waals surface area contributed by atoms with Crippen LogP contribution in [0.1, 0.15) is 17.5 Å². The van der Waals surface area contributed by atoms with Gasteiger partial charge in [0.1, 0.15) is 0 Å². The van der Waals surface area contributed by atoms with E-state index in [9.17, 15) is 0 Å². The van der Waals surface area contributed by atoms with Crippen LogP contribution in [0.15, 0.2) is 54.6 Å². The minimum atomic E-state index is 0.887. The van der Waals surface area contributed by atoms with Gasteiger partial charge in [0, 0.05) is 34.5 Å². The SMILES string of the molecule is Nc1ccc(I)cc1C1=CCN(Cc2ccccc2)CC1. The molecule has 0 aliphatic carbocycles. The van der Waals surface area contributed by atoms with Crippen LogP contribution in [0.5, 0.6) is 0 Å². The van der Waals surface area contributed by atoms with Crippen LogP contribution in [0, 0.1) is 3.57 Å². The molecule has 0 spiro atoms. The Kier molecular flexibility index (Phi) is 4.60. The Labute approximate surface area is 139 Å². The highest BCUT2D eigenvalue weighted by Crippen LogP contribution is 2.28. The Morgan fingerprint density at radius 1 is 1.10 bits per heavy atom. The van der Waals surface area contributed by atoms with Crippen LogP contribution in [0.25, 0.3) is 5.57 Å². The number of rotatable bonds is 3. The predicted molar refractivity (Wildman–Crippen MR) is 97.9 cm³/mol. The van der Waals surface area contributed by atoms with Gasteiger partial charge in [-0.15, -0.1) is 0 Å². The first-order valence-electron chi connectivity index (χ1n) is 7.23. The fraction of sp³-hybridized carbons (Fsp3) is 0.222. The summed E-state index contributed by atoms with van der Waals surface area (Å²) in [5.74, 6) is 0. The Morgan fingerprint density at radius 3 is 2.62 bits per heavy atom. The molecule has 1 aliphatic heterocycles. The van der Waals surface area contributed by atoms with E-state index in [-0.39, 0.29) is 0 Å². The summed E-state index contributed by atoms with van der Waals surface area (Å²) in [6, 6.07) is 16.9. The molecule has 1 heterocycles. The maximum Gasteiger partial charge on any atom is 0.0391 e. The Morgan fingerprint density at radius 2 is 1.90 bits per heavy atom. The van der Waals surface area contributed by atoms with Crippen molar-refractivity contribution in [3.8, 4) is 0 Å². The third kappa shape index (κ3) is 3.66. The summed E-state index contributed by atoms with van der Waals surface area (Å²) >= 11 is 2.34. The Bertz CT molecular complexity index is 650. The summed E-state index contributed by atoms with van der Waals surface area (Å²) in [4.78, 5) is 2.48. The zero-order chi connectivity index (χ0) is 14.7. The van der Waals surface area contributed by atoms with Crippen molar-refractivity contribution in [2.45, 2.75) is 13.0 Å². The van der Waals surface area contributed by atoms with E-state index < -0.39 is 0 Å². The summed E-state index contributed by atoms with van der Waals surface area (Å²) in [7, 11) is 0. The first-order valence-corrected chi connectivity index (χ1v) is 8.31. The third-order valence-corrected chi connectivity index (χ3v) is 4.57. The highest BCUT2D eigenvalue weighted by Gasteiger charge is 2.15. The first kappa shape index (κ1) is 14.6. The van der Waals surface area contributed by atoms with Gasteiger partial charge in [-0.1, -0.05) is 36.4 Å². The topological polar surface area (TPSA) is 29.3 Å². The number of hydrogen-bond donors (Lipinski definition) is 1. The van der Waals surface area contributed by atoms with Crippen LogP contribution in [0.3, 0.4) is 0 Å². The van der Waals surface area contributed by atoms with Gasteiger partial charge >= 0.3 is 0 Å². The van der Waals surface area contributed by atoms with E-state index in [4.69, 9.17) is 5.73 Å². The van der Waals surface area contributed by atoms with Crippen molar-refractivity contribution in [3.05, 3.63) is 69.3 Å². The Hall–Kier alpha value is -1.33. The molecule has 0 bridgehead atoms. The van der Waals surface area contributed by atoms with E-state index in [0.717, 1.165) is 31.7 Å². The minimum Gasteiger partial charge on any atom is -0.398 e. The molecule has 2 aromatic rings. The van der Waals surface area contributed by atoms with Crippen molar-refractivity contribution in [1.29, 1.82) is 0 Å². The van der Waals surface area contributed by atoms with Crippen LogP contribution >= 0.6 is 22.6 Å². The lowest BCUT2D eigenvalue weighted by Gasteiger charge is -2.27. The van der Waals surface area contributed by atoms with Crippen molar-refractivity contribution in [3.63, 3.8) is 0 Å². The van der Waals surface area contributed by atoms with Crippen molar-refractivity contribution < 1.29 is 0 Å². The van der Waals surface area contributed by atoms with Gasteiger partial charge in [-0.25, -0.2) is 0 Å². The van der Waals surface area contributed by atoms with E-state index in [1.165, 1.54) is 20.3 Å². The first-order chi connectivity index (χ1) is 10.2. The molecule has 0 atom stereocenters. The number of benzene rings is 2. The van der Waals surface area contributed by atoms with Crippen LogP contribution in [0.4, 0.5) is 5.69 Å². The molecule has 21 heavy (non-hydrogen) atoms. The van der Waals surface area contributed by atoms with E-state index >= 15 is 0 Å². The van der Waals surface area contributed by atoms with Crippen molar-refractivity contribution in [2.24, 2.45) is 0 Å². The molecule has 0 saturated carbocycles. The second-order valence-corrected chi connectivity index (χ2v) is 6.68. The zero-order valence-corrected chi connectivity index (χ0v) is 14.1. The molecular weight excluding hydrogens is 371 g/mol. The number of hydrogen-bond acceptors (Lipinski definition) is 2. The number of anilines is 1. The van der Waals surface area contributed by atoms with Gasteiger partial charge in [0.2, 0.25) is 0 Å². The highest BCUT2D eigenvalue weighted by atomic mass is 127. The smallest absolute Gasteiger partial charge is 0.0391 e. The second kappa shape index (κ2) is 6.62. The fourth-order valence-corrected chi connectivity index (χ4v) is 3.24. The predicted octanol–water partition coefficient (Wildman–Crippen LogP) is 4.16. The molecule has 0 saturated heterocycles. The van der Waals surface area contributed by atoms with Crippen molar-refractivity contribution in [2.75, 3.05) is 18.8 Å². The Balaban J connectivity index is 1.70. The van der Waals surface area contributed by atoms with Crippen LogP contribution in [0.2, 0.25) is 0 Å². The molecule has 3 heteroatoms. The second-order valence-electron chi connectivity index (χ2n) is 5.43. The molecular formula is C18H19IN2. The van der Waals surface area contributed by atoms with E-state index in [1.54, 1.807) is 0 Å². The van der Waals surface area contributed by atoms with Crippen molar-refractivity contribution >= 4 is 33.9 Å². The molecule has 2 N–H and O–H groups in total. The van der Waals surface area contributed by atoms with Gasteiger partial charge < -0.3 is 5.73 Å². The van der Waals surface area contributed by atoms with E-state index in [0.29, 0.717) is 0 Å². The van der Waals surface area contributed by atoms with E-state index in [2.05, 4.69) is 76.0 Å². The molecule has 2 nitrogen and oxygen atoms in total. The number of halogens is 1. The van der Waals surface area contributed by atoms with E-state index in [1.807, 2.05) is 6.07 Å². The molecule has 0 radical (unpaired) electrons. The van der Waals surface area contributed by atoms with Gasteiger partial charge in [0.15, 0.2) is 0 Å². The number of nitrogen functional groups attached to an aromatic ring is 1. The van der Waals surface area contributed by atoms with Gasteiger partial charge in [-0.05, 0) is 58.3 Å². The third-order valence-electron chi connectivity index (χ3n) is 3.90. The van der Waals surface area contributed by atoms with Gasteiger partial charge in [0.25, 0.3) is 0 Å². The maximum absolute atomic E-state index is 6.12. The minimum absolute atomic E-state index is 0.887. The largest absolute Gasteiger partial charge is 0.398 e. The monoisotopic (exact) mass is 390 g/mol. The standard InChI is InChI=1S/C18H19IN2/c19-16-6-7-18(20)17(12-16)15-8-10-21(11-9-15)13-14-4-2-1-3-5-14/h1-8,12H,9-11,13,20H2. The highest BCUT2D eigenvalue weighted by molar-refractivity contribution is 14.1. The van der Waals surface area contributed by atoms with Crippen LogP contribution in [-0.4, -0.2) is 18.0 Å². The van der Waals surface area contributed by atoms with Gasteiger partial charge in [0.05, 0.1) is 0 Å². The van der Waals surface area contributed by atoms with Gasteiger partial charge in [-0.2, -0.15) is 0 Å². The lowest BCUT2D eigenvalue weighted by Crippen LogP contribution is -2.28. The van der Waals surface area contributed by atoms with Crippen molar-refractivity contribution in [1.82, 2.24) is 4.90 Å². The lowest BCUT2D eigenvalue weighted by molar-refractivity contribution is 0.294. The summed E-state index contributed by atoms with van der Waals surface area (Å²) < 4.78 is 1.24. The molecule has 108 valence electrons. The molecule has 0 aromatic heterocycles. The fourth-order valence-electron chi connectivity index (χ4n) is 2.75. The molecule has 1 aliphatic rings. The number of nitrogens with zero attached hydrogens (tertiary/aromatic N) is 1. The van der Waals surface area contributed by atoms with Crippen LogP contribution in [-0.2, 0) is 6.54 Å². The maximum atomic E-state index is 6.12. The summed E-state index contributed by atoms with van der Waals surface area (Å²) in [6.07, 6.45) is 3.39. The summed E-state index contributed by atoms with van der Waals surface area (Å²) in [5, 5.41) is 0. The average Bonchev–Trinajstić information content (AvgIpc) is 2.52. The van der Waals surface area contributed by atoms with Gasteiger partial charge in [-0.3, -0.25) is 4.90 Å². The summed E-state index contributed by atoms with van der Waals surface area (Å²) in [6.45, 7) is 3.10. The molecule has 0 amide bonds.